The predicted octanol–water partition coefficient (Wildman–Crippen LogP) is 4.19. The molecule has 1 aliphatic rings. The minimum Gasteiger partial charge on any atom is -0.478 e. The molecule has 3 aromatic rings. The fourth-order valence-corrected chi connectivity index (χ4v) is 3.61. The number of aromatic nitrogens is 3. The van der Waals surface area contributed by atoms with Gasteiger partial charge < -0.3 is 15.7 Å². The van der Waals surface area contributed by atoms with Gasteiger partial charge in [-0.3, -0.25) is 0 Å². The van der Waals surface area contributed by atoms with Crippen molar-refractivity contribution in [1.82, 2.24) is 15.0 Å². The van der Waals surface area contributed by atoms with Crippen LogP contribution in [0, 0.1) is 11.3 Å². The minimum atomic E-state index is -4.54. The fraction of sp³-hybridized carbons (Fsp3) is 0.227. The van der Waals surface area contributed by atoms with Crippen molar-refractivity contribution >= 4 is 17.7 Å². The second kappa shape index (κ2) is 8.38. The van der Waals surface area contributed by atoms with Gasteiger partial charge in [0.05, 0.1) is 34.6 Å². The van der Waals surface area contributed by atoms with Gasteiger partial charge in [-0.15, -0.1) is 0 Å². The van der Waals surface area contributed by atoms with Gasteiger partial charge in [-0.1, -0.05) is 12.1 Å². The van der Waals surface area contributed by atoms with Crippen LogP contribution in [0.15, 0.2) is 42.7 Å². The monoisotopic (exact) mass is 454 g/mol. The largest absolute Gasteiger partial charge is 0.478 e. The first-order valence-electron chi connectivity index (χ1n) is 9.85. The van der Waals surface area contributed by atoms with Gasteiger partial charge in [-0.05, 0) is 30.7 Å². The van der Waals surface area contributed by atoms with E-state index in [9.17, 15) is 23.2 Å². The lowest BCUT2D eigenvalue weighted by molar-refractivity contribution is -0.137. The number of carbonyl (C=O) groups is 1. The number of benzene rings is 1. The zero-order valence-corrected chi connectivity index (χ0v) is 17.2. The molecule has 2 atom stereocenters. The molecule has 4 rings (SSSR count). The van der Waals surface area contributed by atoms with Gasteiger partial charge in [-0.25, -0.2) is 19.7 Å². The third kappa shape index (κ3) is 4.41. The van der Waals surface area contributed by atoms with E-state index in [2.05, 4.69) is 25.6 Å². The van der Waals surface area contributed by atoms with Gasteiger partial charge in [0.15, 0.2) is 0 Å². The zero-order chi connectivity index (χ0) is 23.8. The zero-order valence-electron chi connectivity index (χ0n) is 17.2. The number of pyridine rings is 1. The Labute approximate surface area is 186 Å². The Morgan fingerprint density at radius 3 is 2.64 bits per heavy atom. The predicted molar refractivity (Wildman–Crippen MR) is 112 cm³/mol. The van der Waals surface area contributed by atoms with Gasteiger partial charge in [-0.2, -0.15) is 18.4 Å². The minimum absolute atomic E-state index is 0.149. The number of nitrogens with zero attached hydrogens (tertiary/aromatic N) is 4. The summed E-state index contributed by atoms with van der Waals surface area (Å²) in [5.74, 6) is -1.14. The molecule has 168 valence electrons. The van der Waals surface area contributed by atoms with Crippen molar-refractivity contribution in [2.45, 2.75) is 25.1 Å². The Morgan fingerprint density at radius 2 is 2.00 bits per heavy atom. The quantitative estimate of drug-likeness (QED) is 0.524. The highest BCUT2D eigenvalue weighted by atomic mass is 19.4. The number of fused-ring (bicyclic) bond motifs is 1. The summed E-state index contributed by atoms with van der Waals surface area (Å²) in [7, 11) is 0. The number of hydrogen-bond donors (Lipinski definition) is 3. The average Bonchev–Trinajstić information content (AvgIpc) is 3.21. The standard InChI is InChI=1S/C22H17F3N6O2/c1-11(12-2-4-13(5-3-12)20(32)33)30-21-29-8-14(7-26)18(31-21)17-10-28-19-16(17)6-15(9-27-19)22(23,24)25/h2-6,8-9,11,17H,10H2,1H3,(H,27,28)(H,32,33)(H,29,30,31)/t11-,17?/m1/s1. The summed E-state index contributed by atoms with van der Waals surface area (Å²) in [5.41, 5.74) is 0.804. The number of nitrogens with one attached hydrogen (secondary N) is 2. The van der Waals surface area contributed by atoms with Crippen LogP contribution in [-0.2, 0) is 6.18 Å². The molecule has 0 bridgehead atoms. The number of carboxylic acids is 1. The number of rotatable bonds is 5. The van der Waals surface area contributed by atoms with E-state index in [0.29, 0.717) is 11.4 Å². The Balaban J connectivity index is 1.64. The van der Waals surface area contributed by atoms with E-state index in [4.69, 9.17) is 5.11 Å². The van der Waals surface area contributed by atoms with Crippen molar-refractivity contribution in [2.75, 3.05) is 17.2 Å². The van der Waals surface area contributed by atoms with Crippen molar-refractivity contribution in [3.05, 3.63) is 76.2 Å². The van der Waals surface area contributed by atoms with Crippen LogP contribution in [0.2, 0.25) is 0 Å². The number of anilines is 2. The Kier molecular flexibility index (Phi) is 5.59. The van der Waals surface area contributed by atoms with Crippen LogP contribution in [0.25, 0.3) is 0 Å². The van der Waals surface area contributed by atoms with Crippen LogP contribution in [0.5, 0.6) is 0 Å². The smallest absolute Gasteiger partial charge is 0.417 e. The van der Waals surface area contributed by atoms with E-state index in [1.807, 2.05) is 13.0 Å². The van der Waals surface area contributed by atoms with Gasteiger partial charge >= 0.3 is 12.1 Å². The molecule has 33 heavy (non-hydrogen) atoms. The van der Waals surface area contributed by atoms with E-state index in [-0.39, 0.29) is 35.4 Å². The Bertz CT molecular complexity index is 1250. The third-order valence-corrected chi connectivity index (χ3v) is 5.37. The molecule has 1 unspecified atom stereocenters. The van der Waals surface area contributed by atoms with Gasteiger partial charge in [0.25, 0.3) is 0 Å². The topological polar surface area (TPSA) is 124 Å². The lowest BCUT2D eigenvalue weighted by Gasteiger charge is -2.17. The lowest BCUT2D eigenvalue weighted by Crippen LogP contribution is -2.14. The van der Waals surface area contributed by atoms with E-state index < -0.39 is 23.6 Å². The highest BCUT2D eigenvalue weighted by Gasteiger charge is 2.35. The summed E-state index contributed by atoms with van der Waals surface area (Å²) >= 11 is 0. The molecule has 0 fully saturated rings. The molecule has 1 aromatic carbocycles. The maximum atomic E-state index is 13.2. The maximum Gasteiger partial charge on any atom is 0.417 e. The molecular weight excluding hydrogens is 437 g/mol. The molecule has 0 aliphatic carbocycles. The highest BCUT2D eigenvalue weighted by Crippen LogP contribution is 2.39. The van der Waals surface area contributed by atoms with Crippen LogP contribution in [-0.4, -0.2) is 32.6 Å². The summed E-state index contributed by atoms with van der Waals surface area (Å²) < 4.78 is 39.6. The fourth-order valence-electron chi connectivity index (χ4n) is 3.61. The molecule has 1 aliphatic heterocycles. The second-order valence-corrected chi connectivity index (χ2v) is 7.49. The van der Waals surface area contributed by atoms with Crippen LogP contribution in [0.4, 0.5) is 24.9 Å². The maximum absolute atomic E-state index is 13.2. The van der Waals surface area contributed by atoms with E-state index in [1.54, 1.807) is 12.1 Å². The number of carboxylic acid groups (broad SMARTS) is 1. The summed E-state index contributed by atoms with van der Waals surface area (Å²) in [6.07, 6.45) is -2.45. The van der Waals surface area contributed by atoms with E-state index in [0.717, 1.165) is 17.8 Å². The van der Waals surface area contributed by atoms with E-state index >= 15 is 0 Å². The van der Waals surface area contributed by atoms with Crippen molar-refractivity contribution < 1.29 is 23.1 Å². The van der Waals surface area contributed by atoms with Crippen LogP contribution in [0.1, 0.15) is 57.2 Å². The molecule has 11 heteroatoms. The summed E-state index contributed by atoms with van der Waals surface area (Å²) in [5, 5.41) is 24.6. The van der Waals surface area contributed by atoms with E-state index in [1.165, 1.54) is 18.3 Å². The second-order valence-electron chi connectivity index (χ2n) is 7.49. The van der Waals surface area contributed by atoms with Crippen molar-refractivity contribution in [3.8, 4) is 6.07 Å². The molecule has 2 aromatic heterocycles. The molecule has 3 N–H and O–H groups in total. The summed E-state index contributed by atoms with van der Waals surface area (Å²) in [4.78, 5) is 23.5. The number of alkyl halides is 3. The summed E-state index contributed by atoms with van der Waals surface area (Å²) in [6, 6.07) is 9.00. The summed E-state index contributed by atoms with van der Waals surface area (Å²) in [6.45, 7) is 2.06. The molecule has 0 spiro atoms. The van der Waals surface area contributed by atoms with Gasteiger partial charge in [0.1, 0.15) is 11.9 Å². The molecule has 8 nitrogen and oxygen atoms in total. The average molecular weight is 454 g/mol. The molecular formula is C22H17F3N6O2. The molecule has 0 amide bonds. The SMILES string of the molecule is C[C@@H](Nc1ncc(C#N)c(C2CNc3ncc(C(F)(F)F)cc32)n1)c1ccc(C(=O)O)cc1. The van der Waals surface area contributed by atoms with Crippen LogP contribution < -0.4 is 10.6 Å². The Hall–Kier alpha value is -4.20. The first kappa shape index (κ1) is 22.0. The normalized spacial score (nSPS) is 15.8. The first-order valence-corrected chi connectivity index (χ1v) is 9.85. The number of aromatic carboxylic acids is 1. The van der Waals surface area contributed by atoms with Crippen LogP contribution in [0.3, 0.4) is 0 Å². The van der Waals surface area contributed by atoms with Crippen LogP contribution >= 0.6 is 0 Å². The molecule has 0 radical (unpaired) electrons. The number of hydrogen-bond acceptors (Lipinski definition) is 7. The number of nitriles is 1. The van der Waals surface area contributed by atoms with Crippen molar-refractivity contribution in [3.63, 3.8) is 0 Å². The molecule has 0 saturated heterocycles. The van der Waals surface area contributed by atoms with Crippen molar-refractivity contribution in [2.24, 2.45) is 0 Å². The highest BCUT2D eigenvalue weighted by molar-refractivity contribution is 5.87. The number of halogens is 3. The molecule has 0 saturated carbocycles. The first-order chi connectivity index (χ1) is 15.7. The van der Waals surface area contributed by atoms with Gasteiger partial charge in [0, 0.05) is 24.2 Å². The Morgan fingerprint density at radius 1 is 1.27 bits per heavy atom. The molecule has 3 heterocycles. The third-order valence-electron chi connectivity index (χ3n) is 5.37. The van der Waals surface area contributed by atoms with Gasteiger partial charge in [0.2, 0.25) is 5.95 Å². The van der Waals surface area contributed by atoms with Crippen molar-refractivity contribution in [1.29, 1.82) is 5.26 Å². The lowest BCUT2D eigenvalue weighted by atomic mass is 9.95.